The normalized spacial score (nSPS) is 10.9. The van der Waals surface area contributed by atoms with Gasteiger partial charge in [-0.3, -0.25) is 0 Å². The van der Waals surface area contributed by atoms with E-state index in [4.69, 9.17) is 9.47 Å². The molecule has 0 aliphatic rings. The summed E-state index contributed by atoms with van der Waals surface area (Å²) in [6.45, 7) is 6.50. The van der Waals surface area contributed by atoms with E-state index in [0.29, 0.717) is 18.8 Å². The second kappa shape index (κ2) is 19.2. The molecule has 1 rings (SSSR count). The number of ether oxygens (including phenoxy) is 2. The molecule has 0 bridgehead atoms. The topological polar surface area (TPSA) is 47.6 Å². The lowest BCUT2D eigenvalue weighted by atomic mass is 10.1. The van der Waals surface area contributed by atoms with Crippen LogP contribution in [0.1, 0.15) is 113 Å². The maximum absolute atomic E-state index is 12.4. The number of unbranched alkanes of at least 4 members (excludes halogenated alkanes) is 12. The molecule has 1 aromatic carbocycles. The molecule has 0 saturated carbocycles. The van der Waals surface area contributed by atoms with Crippen molar-refractivity contribution in [2.75, 3.05) is 26.8 Å². The highest BCUT2D eigenvalue weighted by atomic mass is 16.5. The van der Waals surface area contributed by atoms with Crippen molar-refractivity contribution in [3.8, 4) is 5.75 Å². The summed E-state index contributed by atoms with van der Waals surface area (Å²) in [4.78, 5) is 12.4. The van der Waals surface area contributed by atoms with Gasteiger partial charge in [-0.2, -0.15) is 0 Å². The number of hydrogen-bond donors (Lipinski definition) is 1. The fourth-order valence-corrected chi connectivity index (χ4v) is 3.73. The van der Waals surface area contributed by atoms with E-state index in [0.717, 1.165) is 37.1 Å². The molecule has 0 amide bonds. The Morgan fingerprint density at radius 2 is 1.35 bits per heavy atom. The zero-order valence-electron chi connectivity index (χ0n) is 20.5. The molecule has 0 spiro atoms. The zero-order valence-corrected chi connectivity index (χ0v) is 20.5. The molecule has 1 N–H and O–H groups in total. The molecule has 0 aliphatic heterocycles. The van der Waals surface area contributed by atoms with Crippen molar-refractivity contribution in [3.63, 3.8) is 0 Å². The smallest absolute Gasteiger partial charge is 0.338 e. The van der Waals surface area contributed by atoms with Gasteiger partial charge in [0.15, 0.2) is 0 Å². The number of carbonyl (C=O) groups excluding carboxylic acids is 1. The molecule has 0 atom stereocenters. The van der Waals surface area contributed by atoms with Crippen molar-refractivity contribution in [2.24, 2.45) is 0 Å². The molecule has 0 aromatic heterocycles. The standard InChI is InChI=1S/C27H47NO3/c1-4-5-6-7-8-9-10-11-13-16-19-30-26-22-24(2)21-25(23-26)27(29)31-20-17-14-12-15-18-28-3/h21-23,28H,4-20H2,1-3H3. The maximum atomic E-state index is 12.4. The quantitative estimate of drug-likeness (QED) is 0.174. The Balaban J connectivity index is 2.17. The van der Waals surface area contributed by atoms with Gasteiger partial charge in [-0.1, -0.05) is 77.6 Å². The van der Waals surface area contributed by atoms with Gasteiger partial charge in [0.25, 0.3) is 0 Å². The third-order valence-electron chi connectivity index (χ3n) is 5.61. The summed E-state index contributed by atoms with van der Waals surface area (Å²) in [5, 5.41) is 3.15. The van der Waals surface area contributed by atoms with Gasteiger partial charge in [0.2, 0.25) is 0 Å². The average Bonchev–Trinajstić information content (AvgIpc) is 2.76. The third-order valence-corrected chi connectivity index (χ3v) is 5.61. The molecular formula is C27H47NO3. The van der Waals surface area contributed by atoms with E-state index in [1.165, 1.54) is 70.6 Å². The lowest BCUT2D eigenvalue weighted by molar-refractivity contribution is 0.0497. The van der Waals surface area contributed by atoms with Crippen LogP contribution < -0.4 is 10.1 Å². The van der Waals surface area contributed by atoms with E-state index in [2.05, 4.69) is 12.2 Å². The molecule has 178 valence electrons. The minimum absolute atomic E-state index is 0.247. The van der Waals surface area contributed by atoms with Gasteiger partial charge in [0, 0.05) is 0 Å². The first-order chi connectivity index (χ1) is 15.2. The van der Waals surface area contributed by atoms with E-state index < -0.39 is 0 Å². The second-order valence-corrected chi connectivity index (χ2v) is 8.72. The predicted octanol–water partition coefficient (Wildman–Crippen LogP) is 7.23. The van der Waals surface area contributed by atoms with Gasteiger partial charge in [0.05, 0.1) is 18.8 Å². The van der Waals surface area contributed by atoms with Crippen LogP contribution in [0.5, 0.6) is 5.75 Å². The summed E-state index contributed by atoms with van der Waals surface area (Å²) in [6, 6.07) is 5.69. The molecule has 0 unspecified atom stereocenters. The van der Waals surface area contributed by atoms with Crippen molar-refractivity contribution in [3.05, 3.63) is 29.3 Å². The SMILES string of the molecule is CCCCCCCCCCCCOc1cc(C)cc(C(=O)OCCCCCCNC)c1. The first-order valence-corrected chi connectivity index (χ1v) is 12.7. The van der Waals surface area contributed by atoms with Crippen molar-refractivity contribution in [1.29, 1.82) is 0 Å². The Morgan fingerprint density at radius 1 is 0.774 bits per heavy atom. The number of benzene rings is 1. The van der Waals surface area contributed by atoms with Crippen LogP contribution in [0.3, 0.4) is 0 Å². The summed E-state index contributed by atoms with van der Waals surface area (Å²) in [5.41, 5.74) is 1.62. The van der Waals surface area contributed by atoms with E-state index in [9.17, 15) is 4.79 Å². The third kappa shape index (κ3) is 15.0. The molecule has 31 heavy (non-hydrogen) atoms. The lowest BCUT2D eigenvalue weighted by Gasteiger charge is -2.10. The van der Waals surface area contributed by atoms with Crippen molar-refractivity contribution in [2.45, 2.75) is 104 Å². The molecule has 1 aromatic rings. The minimum atomic E-state index is -0.247. The van der Waals surface area contributed by atoms with Gasteiger partial charge in [0.1, 0.15) is 5.75 Å². The molecular weight excluding hydrogens is 386 g/mol. The van der Waals surface area contributed by atoms with E-state index in [-0.39, 0.29) is 5.97 Å². The minimum Gasteiger partial charge on any atom is -0.494 e. The van der Waals surface area contributed by atoms with Crippen molar-refractivity contribution in [1.82, 2.24) is 5.32 Å². The number of hydrogen-bond acceptors (Lipinski definition) is 4. The largest absolute Gasteiger partial charge is 0.494 e. The highest BCUT2D eigenvalue weighted by Crippen LogP contribution is 2.19. The van der Waals surface area contributed by atoms with Crippen LogP contribution in [0.25, 0.3) is 0 Å². The number of aryl methyl sites for hydroxylation is 1. The monoisotopic (exact) mass is 433 g/mol. The Kier molecular flexibility index (Phi) is 17.0. The van der Waals surface area contributed by atoms with Crippen LogP contribution in [-0.4, -0.2) is 32.8 Å². The summed E-state index contributed by atoms with van der Waals surface area (Å²) < 4.78 is 11.4. The van der Waals surface area contributed by atoms with Crippen LogP contribution in [0.2, 0.25) is 0 Å². The summed E-state index contributed by atoms with van der Waals surface area (Å²) in [7, 11) is 1.97. The molecule has 4 nitrogen and oxygen atoms in total. The van der Waals surface area contributed by atoms with Crippen LogP contribution in [0, 0.1) is 6.92 Å². The fourth-order valence-electron chi connectivity index (χ4n) is 3.73. The van der Waals surface area contributed by atoms with Crippen molar-refractivity contribution >= 4 is 5.97 Å². The van der Waals surface area contributed by atoms with Gasteiger partial charge in [-0.25, -0.2) is 4.79 Å². The summed E-state index contributed by atoms with van der Waals surface area (Å²) in [5.74, 6) is 0.526. The number of rotatable bonds is 20. The molecule has 0 saturated heterocycles. The molecule has 0 heterocycles. The zero-order chi connectivity index (χ0) is 22.6. The van der Waals surface area contributed by atoms with Crippen LogP contribution in [-0.2, 0) is 4.74 Å². The van der Waals surface area contributed by atoms with Crippen LogP contribution in [0.15, 0.2) is 18.2 Å². The first-order valence-electron chi connectivity index (χ1n) is 12.7. The summed E-state index contributed by atoms with van der Waals surface area (Å²) >= 11 is 0. The Bertz CT molecular complexity index is 574. The maximum Gasteiger partial charge on any atom is 0.338 e. The summed E-state index contributed by atoms with van der Waals surface area (Å²) in [6.07, 6.45) is 17.5. The van der Waals surface area contributed by atoms with Crippen molar-refractivity contribution < 1.29 is 14.3 Å². The van der Waals surface area contributed by atoms with Crippen LogP contribution >= 0.6 is 0 Å². The molecule has 4 heteroatoms. The second-order valence-electron chi connectivity index (χ2n) is 8.72. The molecule has 0 aliphatic carbocycles. The highest BCUT2D eigenvalue weighted by molar-refractivity contribution is 5.90. The fraction of sp³-hybridized carbons (Fsp3) is 0.741. The lowest BCUT2D eigenvalue weighted by Crippen LogP contribution is -2.09. The van der Waals surface area contributed by atoms with E-state index in [1.54, 1.807) is 0 Å². The number of esters is 1. The highest BCUT2D eigenvalue weighted by Gasteiger charge is 2.10. The molecule has 0 fully saturated rings. The number of nitrogens with one attached hydrogen (secondary N) is 1. The Labute approximate surface area is 191 Å². The van der Waals surface area contributed by atoms with Gasteiger partial charge in [-0.15, -0.1) is 0 Å². The first kappa shape index (κ1) is 27.5. The van der Waals surface area contributed by atoms with Gasteiger partial charge >= 0.3 is 5.97 Å². The number of carbonyl (C=O) groups is 1. The van der Waals surface area contributed by atoms with Gasteiger partial charge < -0.3 is 14.8 Å². The molecule has 0 radical (unpaired) electrons. The van der Waals surface area contributed by atoms with E-state index >= 15 is 0 Å². The average molecular weight is 434 g/mol. The van der Waals surface area contributed by atoms with E-state index in [1.807, 2.05) is 32.2 Å². The Hall–Kier alpha value is -1.55. The Morgan fingerprint density at radius 3 is 2.00 bits per heavy atom. The van der Waals surface area contributed by atoms with Gasteiger partial charge in [-0.05, 0) is 63.5 Å². The van der Waals surface area contributed by atoms with Crippen LogP contribution in [0.4, 0.5) is 0 Å². The predicted molar refractivity (Wildman–Crippen MR) is 131 cm³/mol.